The molecule has 128 valence electrons. The second-order valence-electron chi connectivity index (χ2n) is 4.97. The molecule has 25 heavy (non-hydrogen) atoms. The summed E-state index contributed by atoms with van der Waals surface area (Å²) in [7, 11) is 1.56. The van der Waals surface area contributed by atoms with Crippen molar-refractivity contribution in [3.05, 3.63) is 60.4 Å². The third kappa shape index (κ3) is 3.74. The van der Waals surface area contributed by atoms with Crippen LogP contribution >= 0.6 is 0 Å². The lowest BCUT2D eigenvalue weighted by atomic mass is 10.3. The van der Waals surface area contributed by atoms with E-state index >= 15 is 0 Å². The van der Waals surface area contributed by atoms with E-state index in [1.165, 1.54) is 12.4 Å². The number of hydrogen-bond donors (Lipinski definition) is 2. The number of nitrogen functional groups attached to an aromatic ring is 1. The van der Waals surface area contributed by atoms with Gasteiger partial charge in [0.2, 0.25) is 5.88 Å². The Morgan fingerprint density at radius 3 is 2.36 bits per heavy atom. The van der Waals surface area contributed by atoms with Crippen molar-refractivity contribution in [1.29, 1.82) is 0 Å². The highest BCUT2D eigenvalue weighted by Crippen LogP contribution is 2.31. The minimum absolute atomic E-state index is 0.128. The van der Waals surface area contributed by atoms with Crippen molar-refractivity contribution in [2.45, 2.75) is 0 Å². The number of ether oxygens (including phenoxy) is 2. The first-order valence-electron chi connectivity index (χ1n) is 7.21. The molecule has 0 saturated heterocycles. The van der Waals surface area contributed by atoms with Crippen LogP contribution < -0.4 is 20.5 Å². The largest absolute Gasteiger partial charge is 0.497 e. The van der Waals surface area contributed by atoms with Gasteiger partial charge in [0.15, 0.2) is 17.5 Å². The van der Waals surface area contributed by atoms with E-state index in [1.807, 2.05) is 0 Å². The number of nitrogens with zero attached hydrogens (tertiary/aromatic N) is 2. The number of anilines is 3. The van der Waals surface area contributed by atoms with Crippen LogP contribution in [0.2, 0.25) is 0 Å². The topological polar surface area (TPSA) is 82.3 Å². The highest BCUT2D eigenvalue weighted by Gasteiger charge is 2.12. The van der Waals surface area contributed by atoms with Gasteiger partial charge in [-0.1, -0.05) is 0 Å². The molecular formula is C17H14F2N4O2. The highest BCUT2D eigenvalue weighted by molar-refractivity contribution is 5.72. The Balaban J connectivity index is 1.82. The summed E-state index contributed by atoms with van der Waals surface area (Å²) in [5.74, 6) is -0.388. The number of nitrogens with one attached hydrogen (secondary N) is 1. The summed E-state index contributed by atoms with van der Waals surface area (Å²) >= 11 is 0. The van der Waals surface area contributed by atoms with Gasteiger partial charge in [0.1, 0.15) is 23.5 Å². The van der Waals surface area contributed by atoms with Crippen molar-refractivity contribution in [3.8, 4) is 17.4 Å². The van der Waals surface area contributed by atoms with E-state index in [-0.39, 0.29) is 17.4 Å². The van der Waals surface area contributed by atoms with E-state index in [1.54, 1.807) is 31.4 Å². The number of halogens is 2. The summed E-state index contributed by atoms with van der Waals surface area (Å²) in [5.41, 5.74) is 6.42. The van der Waals surface area contributed by atoms with Gasteiger partial charge in [-0.25, -0.2) is 13.8 Å². The second-order valence-corrected chi connectivity index (χ2v) is 4.97. The maximum Gasteiger partial charge on any atom is 0.248 e. The molecular weight excluding hydrogens is 330 g/mol. The van der Waals surface area contributed by atoms with Crippen molar-refractivity contribution in [2.24, 2.45) is 0 Å². The van der Waals surface area contributed by atoms with Gasteiger partial charge in [-0.05, 0) is 36.4 Å². The summed E-state index contributed by atoms with van der Waals surface area (Å²) in [6.07, 6.45) is 1.25. The van der Waals surface area contributed by atoms with E-state index in [2.05, 4.69) is 15.3 Å². The first kappa shape index (κ1) is 16.4. The molecule has 0 fully saturated rings. The molecule has 0 spiro atoms. The Labute approximate surface area is 142 Å². The molecule has 1 aromatic heterocycles. The maximum absolute atomic E-state index is 13.3. The van der Waals surface area contributed by atoms with Gasteiger partial charge >= 0.3 is 0 Å². The highest BCUT2D eigenvalue weighted by atomic mass is 19.2. The molecule has 0 aliphatic carbocycles. The summed E-state index contributed by atoms with van der Waals surface area (Å²) in [4.78, 5) is 7.98. The summed E-state index contributed by atoms with van der Waals surface area (Å²) < 4.78 is 37.0. The van der Waals surface area contributed by atoms with Gasteiger partial charge < -0.3 is 20.5 Å². The van der Waals surface area contributed by atoms with E-state index < -0.39 is 11.6 Å². The third-order valence-corrected chi connectivity index (χ3v) is 3.30. The number of nitrogens with two attached hydrogens (primary N) is 1. The maximum atomic E-state index is 13.3. The monoisotopic (exact) mass is 344 g/mol. The van der Waals surface area contributed by atoms with Crippen LogP contribution in [-0.4, -0.2) is 17.1 Å². The van der Waals surface area contributed by atoms with Gasteiger partial charge in [0.05, 0.1) is 7.11 Å². The molecule has 3 N–H and O–H groups in total. The number of methoxy groups -OCH3 is 1. The molecule has 0 aliphatic rings. The molecule has 0 saturated carbocycles. The molecule has 0 atom stereocenters. The summed E-state index contributed by atoms with van der Waals surface area (Å²) in [5, 5.41) is 2.80. The van der Waals surface area contributed by atoms with Crippen molar-refractivity contribution in [1.82, 2.24) is 9.97 Å². The molecule has 0 unspecified atom stereocenters. The van der Waals surface area contributed by atoms with Gasteiger partial charge in [-0.3, -0.25) is 0 Å². The average molecular weight is 344 g/mol. The van der Waals surface area contributed by atoms with Crippen molar-refractivity contribution in [3.63, 3.8) is 0 Å². The summed E-state index contributed by atoms with van der Waals surface area (Å²) in [6.45, 7) is 0. The second kappa shape index (κ2) is 7.00. The Morgan fingerprint density at radius 1 is 0.960 bits per heavy atom. The van der Waals surface area contributed by atoms with E-state index in [0.717, 1.165) is 12.1 Å². The Morgan fingerprint density at radius 2 is 1.68 bits per heavy atom. The summed E-state index contributed by atoms with van der Waals surface area (Å²) in [6, 6.07) is 10.2. The minimum atomic E-state index is -0.979. The zero-order chi connectivity index (χ0) is 17.8. The van der Waals surface area contributed by atoms with Crippen LogP contribution in [0, 0.1) is 11.6 Å². The van der Waals surface area contributed by atoms with E-state index in [0.29, 0.717) is 17.2 Å². The molecule has 1 heterocycles. The molecule has 3 aromatic rings. The minimum Gasteiger partial charge on any atom is -0.497 e. The predicted octanol–water partition coefficient (Wildman–Crippen LogP) is 3.88. The van der Waals surface area contributed by atoms with Gasteiger partial charge in [0, 0.05) is 11.8 Å². The van der Waals surface area contributed by atoms with Crippen LogP contribution in [0.5, 0.6) is 17.4 Å². The molecule has 2 aromatic carbocycles. The lowest BCUT2D eigenvalue weighted by molar-refractivity contribution is 0.412. The van der Waals surface area contributed by atoms with Gasteiger partial charge in [0.25, 0.3) is 0 Å². The van der Waals surface area contributed by atoms with E-state index in [9.17, 15) is 8.78 Å². The SMILES string of the molecule is COc1ccc(Oc2ncnc(Nc3ccc(F)c(F)c3)c2N)cc1. The standard InChI is InChI=1S/C17H14F2N4O2/c1-24-11-3-5-12(6-4-11)25-17-15(20)16(21-9-22-17)23-10-2-7-13(18)14(19)8-10/h2-9H,20H2,1H3,(H,21,22,23). The molecule has 0 aliphatic heterocycles. The van der Waals surface area contributed by atoms with Crippen LogP contribution in [0.1, 0.15) is 0 Å². The fraction of sp³-hybridized carbons (Fsp3) is 0.0588. The molecule has 0 amide bonds. The number of hydrogen-bond acceptors (Lipinski definition) is 6. The number of aromatic nitrogens is 2. The first-order valence-corrected chi connectivity index (χ1v) is 7.21. The molecule has 6 nitrogen and oxygen atoms in total. The zero-order valence-electron chi connectivity index (χ0n) is 13.2. The van der Waals surface area contributed by atoms with Crippen molar-refractivity contribution in [2.75, 3.05) is 18.2 Å². The third-order valence-electron chi connectivity index (χ3n) is 3.30. The Hall–Kier alpha value is -3.42. The fourth-order valence-electron chi connectivity index (χ4n) is 2.03. The molecule has 0 bridgehead atoms. The Kier molecular flexibility index (Phi) is 4.60. The van der Waals surface area contributed by atoms with Crippen molar-refractivity contribution >= 4 is 17.2 Å². The number of benzene rings is 2. The van der Waals surface area contributed by atoms with Crippen LogP contribution in [0.4, 0.5) is 26.0 Å². The lowest BCUT2D eigenvalue weighted by Crippen LogP contribution is -2.03. The first-order chi connectivity index (χ1) is 12.1. The molecule has 0 radical (unpaired) electrons. The van der Waals surface area contributed by atoms with Gasteiger partial charge in [-0.2, -0.15) is 4.98 Å². The smallest absolute Gasteiger partial charge is 0.248 e. The normalized spacial score (nSPS) is 10.4. The molecule has 3 rings (SSSR count). The average Bonchev–Trinajstić information content (AvgIpc) is 2.62. The molecule has 8 heteroatoms. The van der Waals surface area contributed by atoms with Crippen LogP contribution in [0.25, 0.3) is 0 Å². The van der Waals surface area contributed by atoms with Crippen LogP contribution in [-0.2, 0) is 0 Å². The van der Waals surface area contributed by atoms with Gasteiger partial charge in [-0.15, -0.1) is 0 Å². The van der Waals surface area contributed by atoms with Crippen LogP contribution in [0.3, 0.4) is 0 Å². The predicted molar refractivity (Wildman–Crippen MR) is 89.2 cm³/mol. The van der Waals surface area contributed by atoms with Crippen molar-refractivity contribution < 1.29 is 18.3 Å². The fourth-order valence-corrected chi connectivity index (χ4v) is 2.03. The quantitative estimate of drug-likeness (QED) is 0.731. The Bertz CT molecular complexity index is 888. The van der Waals surface area contributed by atoms with Crippen LogP contribution in [0.15, 0.2) is 48.8 Å². The number of rotatable bonds is 5. The van der Waals surface area contributed by atoms with E-state index in [4.69, 9.17) is 15.2 Å². The lowest BCUT2D eigenvalue weighted by Gasteiger charge is -2.12. The zero-order valence-corrected chi connectivity index (χ0v) is 13.2.